The second kappa shape index (κ2) is 8.12. The molecule has 0 aliphatic rings. The summed E-state index contributed by atoms with van der Waals surface area (Å²) in [4.78, 5) is 20.4. The van der Waals surface area contributed by atoms with E-state index in [1.165, 1.54) is 18.5 Å². The van der Waals surface area contributed by atoms with Crippen LogP contribution in [0, 0.1) is 5.82 Å². The second-order valence-corrected chi connectivity index (χ2v) is 6.08. The summed E-state index contributed by atoms with van der Waals surface area (Å²) < 4.78 is 13.6. The van der Waals surface area contributed by atoms with E-state index in [-0.39, 0.29) is 28.9 Å². The normalized spacial score (nSPS) is 10.4. The average Bonchev–Trinajstić information content (AvgIpc) is 2.65. The van der Waals surface area contributed by atoms with E-state index in [0.717, 1.165) is 0 Å². The van der Waals surface area contributed by atoms with Crippen LogP contribution in [0.1, 0.15) is 15.9 Å². The fourth-order valence-corrected chi connectivity index (χ4v) is 2.50. The van der Waals surface area contributed by atoms with Crippen LogP contribution >= 0.6 is 23.2 Å². The Labute approximate surface area is 159 Å². The van der Waals surface area contributed by atoms with Gasteiger partial charge in [-0.1, -0.05) is 47.5 Å². The number of amides is 1. The largest absolute Gasteiger partial charge is 0.350 e. The summed E-state index contributed by atoms with van der Waals surface area (Å²) in [6, 6.07) is 11.3. The minimum Gasteiger partial charge on any atom is -0.350 e. The molecule has 0 atom stereocenters. The molecule has 0 bridgehead atoms. The summed E-state index contributed by atoms with van der Waals surface area (Å²) in [5.41, 5.74) is 1.14. The van der Waals surface area contributed by atoms with E-state index in [0.29, 0.717) is 16.3 Å². The van der Waals surface area contributed by atoms with E-state index in [4.69, 9.17) is 23.2 Å². The molecule has 0 aliphatic heterocycles. The first-order valence-electron chi connectivity index (χ1n) is 7.59. The number of halogens is 3. The predicted octanol–water partition coefficient (Wildman–Crippen LogP) is 4.79. The fourth-order valence-electron chi connectivity index (χ4n) is 2.15. The van der Waals surface area contributed by atoms with Crippen molar-refractivity contribution in [3.63, 3.8) is 0 Å². The Bertz CT molecular complexity index is 935. The first-order chi connectivity index (χ1) is 12.5. The molecular formula is C18H13Cl2FN4O. The van der Waals surface area contributed by atoms with Crippen molar-refractivity contribution in [2.45, 2.75) is 6.54 Å². The molecule has 1 amide bonds. The van der Waals surface area contributed by atoms with Gasteiger partial charge in [0.25, 0.3) is 5.91 Å². The van der Waals surface area contributed by atoms with Crippen LogP contribution in [0.15, 0.2) is 54.9 Å². The van der Waals surface area contributed by atoms with Gasteiger partial charge in [0.1, 0.15) is 5.82 Å². The van der Waals surface area contributed by atoms with Crippen LogP contribution in [0.4, 0.5) is 16.0 Å². The highest BCUT2D eigenvalue weighted by molar-refractivity contribution is 6.44. The van der Waals surface area contributed by atoms with Gasteiger partial charge in [-0.2, -0.15) is 0 Å². The third-order valence-corrected chi connectivity index (χ3v) is 4.33. The standard InChI is InChI=1S/C18H13Cl2FN4O/c19-13-5-3-7-15(16(13)20)25-17(26)12-9-23-18(24-10-12)22-8-11-4-1-2-6-14(11)21/h1-7,9-10H,8H2,(H,25,26)(H,22,23,24). The Morgan fingerprint density at radius 3 is 2.50 bits per heavy atom. The second-order valence-electron chi connectivity index (χ2n) is 5.30. The Balaban J connectivity index is 1.64. The van der Waals surface area contributed by atoms with Gasteiger partial charge in [0.2, 0.25) is 5.95 Å². The number of nitrogens with zero attached hydrogens (tertiary/aromatic N) is 2. The number of benzene rings is 2. The maximum absolute atomic E-state index is 13.6. The third kappa shape index (κ3) is 4.28. The molecule has 0 saturated carbocycles. The fraction of sp³-hybridized carbons (Fsp3) is 0.0556. The third-order valence-electron chi connectivity index (χ3n) is 3.51. The first-order valence-corrected chi connectivity index (χ1v) is 8.35. The van der Waals surface area contributed by atoms with E-state index >= 15 is 0 Å². The molecular weight excluding hydrogens is 378 g/mol. The van der Waals surface area contributed by atoms with Crippen molar-refractivity contribution in [1.29, 1.82) is 0 Å². The molecule has 3 aromatic rings. The smallest absolute Gasteiger partial charge is 0.258 e. The number of carbonyl (C=O) groups excluding carboxylic acids is 1. The van der Waals surface area contributed by atoms with Crippen LogP contribution in [0.25, 0.3) is 0 Å². The lowest BCUT2D eigenvalue weighted by Gasteiger charge is -2.09. The van der Waals surface area contributed by atoms with Crippen LogP contribution in [-0.4, -0.2) is 15.9 Å². The van der Waals surface area contributed by atoms with Crippen LogP contribution in [0.5, 0.6) is 0 Å². The summed E-state index contributed by atoms with van der Waals surface area (Å²) in [5, 5.41) is 6.15. The van der Waals surface area contributed by atoms with Crippen molar-refractivity contribution >= 4 is 40.7 Å². The number of aromatic nitrogens is 2. The zero-order valence-corrected chi connectivity index (χ0v) is 14.9. The zero-order chi connectivity index (χ0) is 18.5. The molecule has 1 aromatic heterocycles. The number of hydrogen-bond donors (Lipinski definition) is 2. The van der Waals surface area contributed by atoms with Gasteiger partial charge in [-0.3, -0.25) is 4.79 Å². The molecule has 8 heteroatoms. The molecule has 5 nitrogen and oxygen atoms in total. The van der Waals surface area contributed by atoms with Crippen molar-refractivity contribution in [3.05, 3.63) is 81.8 Å². The van der Waals surface area contributed by atoms with Crippen LogP contribution in [0.2, 0.25) is 10.0 Å². The summed E-state index contributed by atoms with van der Waals surface area (Å²) in [5.74, 6) is -0.449. The molecule has 0 saturated heterocycles. The van der Waals surface area contributed by atoms with Crippen molar-refractivity contribution in [2.75, 3.05) is 10.6 Å². The number of rotatable bonds is 5. The maximum atomic E-state index is 13.6. The number of carbonyl (C=O) groups is 1. The first kappa shape index (κ1) is 18.1. The lowest BCUT2D eigenvalue weighted by molar-refractivity contribution is 0.102. The SMILES string of the molecule is O=C(Nc1cccc(Cl)c1Cl)c1cnc(NCc2ccccc2F)nc1. The van der Waals surface area contributed by atoms with Crippen molar-refractivity contribution in [3.8, 4) is 0 Å². The van der Waals surface area contributed by atoms with Crippen molar-refractivity contribution in [2.24, 2.45) is 0 Å². The van der Waals surface area contributed by atoms with Crippen LogP contribution in [0.3, 0.4) is 0 Å². The van der Waals surface area contributed by atoms with Gasteiger partial charge in [0, 0.05) is 24.5 Å². The van der Waals surface area contributed by atoms with Gasteiger partial charge in [-0.15, -0.1) is 0 Å². The average molecular weight is 391 g/mol. The van der Waals surface area contributed by atoms with Gasteiger partial charge in [-0.25, -0.2) is 14.4 Å². The van der Waals surface area contributed by atoms with Gasteiger partial charge in [0.15, 0.2) is 0 Å². The topological polar surface area (TPSA) is 66.9 Å². The van der Waals surface area contributed by atoms with E-state index in [1.807, 2.05) is 0 Å². The van der Waals surface area contributed by atoms with E-state index < -0.39 is 5.91 Å². The Morgan fingerprint density at radius 1 is 1.04 bits per heavy atom. The van der Waals surface area contributed by atoms with Gasteiger partial charge >= 0.3 is 0 Å². The Hall–Kier alpha value is -2.70. The minimum atomic E-state index is -0.421. The molecule has 132 valence electrons. The summed E-state index contributed by atoms with van der Waals surface area (Å²) in [6.07, 6.45) is 2.73. The molecule has 3 rings (SSSR count). The van der Waals surface area contributed by atoms with Gasteiger partial charge in [-0.05, 0) is 18.2 Å². The molecule has 0 radical (unpaired) electrons. The molecule has 0 aliphatic carbocycles. The lowest BCUT2D eigenvalue weighted by atomic mass is 10.2. The summed E-state index contributed by atoms with van der Waals surface area (Å²) in [7, 11) is 0. The molecule has 26 heavy (non-hydrogen) atoms. The molecule has 0 unspecified atom stereocenters. The Kier molecular flexibility index (Phi) is 5.65. The van der Waals surface area contributed by atoms with Crippen molar-refractivity contribution in [1.82, 2.24) is 9.97 Å². The predicted molar refractivity (Wildman–Crippen MR) is 100 cm³/mol. The molecule has 2 N–H and O–H groups in total. The van der Waals surface area contributed by atoms with Gasteiger partial charge < -0.3 is 10.6 Å². The molecule has 0 fully saturated rings. The van der Waals surface area contributed by atoms with Crippen molar-refractivity contribution < 1.29 is 9.18 Å². The number of hydrogen-bond acceptors (Lipinski definition) is 4. The summed E-state index contributed by atoms with van der Waals surface area (Å²) >= 11 is 12.0. The quantitative estimate of drug-likeness (QED) is 0.657. The number of anilines is 2. The number of nitrogens with one attached hydrogen (secondary N) is 2. The van der Waals surface area contributed by atoms with Crippen LogP contribution < -0.4 is 10.6 Å². The molecule has 0 spiro atoms. The van der Waals surface area contributed by atoms with Gasteiger partial charge in [0.05, 0.1) is 21.3 Å². The highest BCUT2D eigenvalue weighted by Crippen LogP contribution is 2.29. The molecule has 2 aromatic carbocycles. The van der Waals surface area contributed by atoms with E-state index in [2.05, 4.69) is 20.6 Å². The maximum Gasteiger partial charge on any atom is 0.258 e. The van der Waals surface area contributed by atoms with E-state index in [1.54, 1.807) is 36.4 Å². The minimum absolute atomic E-state index is 0.232. The zero-order valence-electron chi connectivity index (χ0n) is 13.3. The highest BCUT2D eigenvalue weighted by Gasteiger charge is 2.11. The Morgan fingerprint density at radius 2 is 1.77 bits per heavy atom. The lowest BCUT2D eigenvalue weighted by Crippen LogP contribution is -2.14. The molecule has 1 heterocycles. The van der Waals surface area contributed by atoms with E-state index in [9.17, 15) is 9.18 Å². The summed E-state index contributed by atoms with van der Waals surface area (Å²) in [6.45, 7) is 0.232. The van der Waals surface area contributed by atoms with Crippen LogP contribution in [-0.2, 0) is 6.54 Å². The monoisotopic (exact) mass is 390 g/mol. The highest BCUT2D eigenvalue weighted by atomic mass is 35.5.